The number of hydrogen-bond acceptors (Lipinski definition) is 10. The summed E-state index contributed by atoms with van der Waals surface area (Å²) in [6, 6.07) is 0. The van der Waals surface area contributed by atoms with Crippen molar-refractivity contribution in [2.75, 3.05) is 34.0 Å². The normalized spacial score (nSPS) is 15.2. The van der Waals surface area contributed by atoms with Crippen LogP contribution in [0.2, 0.25) is 0 Å². The number of nitrogens with zero attached hydrogens (tertiary/aromatic N) is 1. The number of hydrogen-bond donors (Lipinski definition) is 1. The Kier molecular flexibility index (Phi) is 10.9. The predicted octanol–water partition coefficient (Wildman–Crippen LogP) is 2.10. The lowest BCUT2D eigenvalue weighted by molar-refractivity contribution is -0.154. The van der Waals surface area contributed by atoms with Gasteiger partial charge in [-0.1, -0.05) is 0 Å². The zero-order chi connectivity index (χ0) is 22.0. The summed E-state index contributed by atoms with van der Waals surface area (Å²) >= 11 is 0. The van der Waals surface area contributed by atoms with E-state index < -0.39 is 36.7 Å². The average Bonchev–Trinajstić information content (AvgIpc) is 2.66. The third kappa shape index (κ3) is 5.76. The Morgan fingerprint density at radius 1 is 1.04 bits per heavy atom. The molecule has 0 aromatic carbocycles. The van der Waals surface area contributed by atoms with Crippen molar-refractivity contribution in [1.82, 2.24) is 5.43 Å². The number of rotatable bonds is 11. The number of esters is 2. The third-order valence-electron chi connectivity index (χ3n) is 3.78. The van der Waals surface area contributed by atoms with Crippen molar-refractivity contribution in [3.8, 4) is 0 Å². The summed E-state index contributed by atoms with van der Waals surface area (Å²) in [6.07, 6.45) is -0.904. The minimum Gasteiger partial charge on any atom is -0.468 e. The van der Waals surface area contributed by atoms with Gasteiger partial charge in [-0.3, -0.25) is 14.2 Å². The molecule has 0 fully saturated rings. The Balaban J connectivity index is 6.63. The smallest absolute Gasteiger partial charge is 0.427 e. The topological polar surface area (TPSA) is 139 Å². The molecule has 0 aliphatic carbocycles. The lowest BCUT2D eigenvalue weighted by atomic mass is 9.89. The highest BCUT2D eigenvalue weighted by Crippen LogP contribution is 2.63. The Morgan fingerprint density at radius 3 is 1.96 bits per heavy atom. The summed E-state index contributed by atoms with van der Waals surface area (Å²) in [4.78, 5) is 36.8. The van der Waals surface area contributed by atoms with Gasteiger partial charge in [-0.15, -0.1) is 0 Å². The zero-order valence-corrected chi connectivity index (χ0v) is 18.2. The first-order valence-corrected chi connectivity index (χ1v) is 10.2. The number of amides is 1. The molecule has 0 heterocycles. The molecule has 0 saturated carbocycles. The Labute approximate surface area is 164 Å². The van der Waals surface area contributed by atoms with Crippen molar-refractivity contribution in [1.29, 1.82) is 0 Å². The van der Waals surface area contributed by atoms with Crippen molar-refractivity contribution < 1.29 is 42.2 Å². The molecule has 2 atom stereocenters. The maximum Gasteiger partial charge on any atom is 0.427 e. The zero-order valence-electron chi connectivity index (χ0n) is 17.3. The van der Waals surface area contributed by atoms with E-state index in [0.29, 0.717) is 0 Å². The monoisotopic (exact) mass is 424 g/mol. The molecule has 0 radical (unpaired) electrons. The van der Waals surface area contributed by atoms with Gasteiger partial charge in [-0.25, -0.2) is 10.2 Å². The molecule has 0 aliphatic rings. The second-order valence-electron chi connectivity index (χ2n) is 5.51. The first kappa shape index (κ1) is 26.0. The lowest BCUT2D eigenvalue weighted by Crippen LogP contribution is -2.52. The molecule has 0 aromatic heterocycles. The molecular weight excluding hydrogens is 395 g/mol. The highest BCUT2D eigenvalue weighted by atomic mass is 31.2. The molecule has 28 heavy (non-hydrogen) atoms. The second kappa shape index (κ2) is 11.8. The van der Waals surface area contributed by atoms with E-state index in [0.717, 1.165) is 14.2 Å². The first-order valence-electron chi connectivity index (χ1n) is 8.61. The minimum absolute atomic E-state index is 0.0445. The predicted molar refractivity (Wildman–Crippen MR) is 100 cm³/mol. The van der Waals surface area contributed by atoms with Crippen molar-refractivity contribution >= 4 is 31.3 Å². The maximum atomic E-state index is 13.6. The van der Waals surface area contributed by atoms with Gasteiger partial charge in [-0.05, 0) is 34.6 Å². The van der Waals surface area contributed by atoms with E-state index >= 15 is 0 Å². The number of hydrazone groups is 1. The van der Waals surface area contributed by atoms with E-state index in [-0.39, 0.29) is 25.5 Å². The summed E-state index contributed by atoms with van der Waals surface area (Å²) in [7, 11) is -2.04. The molecular formula is C16H29N2O9P. The van der Waals surface area contributed by atoms with Crippen molar-refractivity contribution in [2.45, 2.75) is 39.8 Å². The molecule has 12 heteroatoms. The Bertz CT molecular complexity index is 628. The van der Waals surface area contributed by atoms with Gasteiger partial charge in [0.05, 0.1) is 39.8 Å². The highest BCUT2D eigenvalue weighted by Gasteiger charge is 2.63. The summed E-state index contributed by atoms with van der Waals surface area (Å²) < 4.78 is 38.5. The summed E-state index contributed by atoms with van der Waals surface area (Å²) in [5, 5.41) is 1.63. The van der Waals surface area contributed by atoms with Crippen LogP contribution in [0.3, 0.4) is 0 Å². The first-order chi connectivity index (χ1) is 13.1. The molecule has 0 aliphatic heterocycles. The second-order valence-corrected chi connectivity index (χ2v) is 7.95. The van der Waals surface area contributed by atoms with E-state index in [1.54, 1.807) is 20.8 Å². The number of methoxy groups -OCH3 is 2. The van der Waals surface area contributed by atoms with Gasteiger partial charge in [0.25, 0.3) is 0 Å². The van der Waals surface area contributed by atoms with Crippen LogP contribution in [0, 0.1) is 5.92 Å². The van der Waals surface area contributed by atoms with Crippen LogP contribution in [-0.2, 0) is 37.4 Å². The summed E-state index contributed by atoms with van der Waals surface area (Å²) in [5.41, 5.74) is 1.96. The number of ether oxygens (including phenoxy) is 3. The number of carbonyl (C=O) groups is 3. The van der Waals surface area contributed by atoms with Crippen molar-refractivity contribution in [2.24, 2.45) is 11.0 Å². The average molecular weight is 424 g/mol. The molecule has 0 saturated heterocycles. The van der Waals surface area contributed by atoms with Crippen LogP contribution >= 0.6 is 7.60 Å². The van der Waals surface area contributed by atoms with E-state index in [1.165, 1.54) is 13.8 Å². The van der Waals surface area contributed by atoms with Gasteiger partial charge in [0.15, 0.2) is 5.16 Å². The molecule has 162 valence electrons. The van der Waals surface area contributed by atoms with Crippen LogP contribution in [0.1, 0.15) is 34.6 Å². The molecule has 11 nitrogen and oxygen atoms in total. The van der Waals surface area contributed by atoms with Gasteiger partial charge >= 0.3 is 25.6 Å². The molecule has 2 unspecified atom stereocenters. The fraction of sp³-hybridized carbons (Fsp3) is 0.750. The Morgan fingerprint density at radius 2 is 1.57 bits per heavy atom. The van der Waals surface area contributed by atoms with Gasteiger partial charge in [0.1, 0.15) is 5.92 Å². The van der Waals surface area contributed by atoms with Crippen LogP contribution in [0.15, 0.2) is 5.10 Å². The number of nitrogens with one attached hydrogen (secondary N) is 1. The standard InChI is InChI=1S/C16H29N2O9P/c1-8-25-14(20)16(5,28(22,26-9-2)27-10-3)12(13(19)23-6)11(4)17-18-15(21)24-7/h12H,8-10H2,1-7H3,(H,18,21)/b17-11+. The van der Waals surface area contributed by atoms with Crippen LogP contribution in [0.25, 0.3) is 0 Å². The van der Waals surface area contributed by atoms with Crippen LogP contribution in [0.5, 0.6) is 0 Å². The minimum atomic E-state index is -4.26. The van der Waals surface area contributed by atoms with E-state index in [2.05, 4.69) is 9.84 Å². The Hall–Kier alpha value is -1.97. The van der Waals surface area contributed by atoms with Gasteiger partial charge in [-0.2, -0.15) is 5.10 Å². The molecule has 0 aromatic rings. The summed E-state index contributed by atoms with van der Waals surface area (Å²) in [5.74, 6) is -3.48. The van der Waals surface area contributed by atoms with Gasteiger partial charge in [0, 0.05) is 0 Å². The number of carbonyl (C=O) groups excluding carboxylic acids is 3. The fourth-order valence-electron chi connectivity index (χ4n) is 2.48. The quantitative estimate of drug-likeness (QED) is 0.174. The van der Waals surface area contributed by atoms with Crippen molar-refractivity contribution in [3.05, 3.63) is 0 Å². The molecule has 0 bridgehead atoms. The summed E-state index contributed by atoms with van der Waals surface area (Å²) in [6.45, 7) is 7.07. The van der Waals surface area contributed by atoms with Crippen LogP contribution < -0.4 is 5.43 Å². The maximum absolute atomic E-state index is 13.6. The van der Waals surface area contributed by atoms with E-state index in [4.69, 9.17) is 18.5 Å². The SMILES string of the molecule is CCOC(=O)C(C)(C(C(=O)OC)/C(C)=N/NC(=O)OC)P(=O)(OCC)OCC. The third-order valence-corrected chi connectivity index (χ3v) is 6.56. The molecule has 0 rings (SSSR count). The van der Waals surface area contributed by atoms with Crippen LogP contribution in [-0.4, -0.2) is 62.9 Å². The van der Waals surface area contributed by atoms with E-state index in [9.17, 15) is 18.9 Å². The lowest BCUT2D eigenvalue weighted by Gasteiger charge is -2.37. The molecule has 1 N–H and O–H groups in total. The van der Waals surface area contributed by atoms with E-state index in [1.807, 2.05) is 5.43 Å². The molecule has 0 spiro atoms. The molecule has 1 amide bonds. The van der Waals surface area contributed by atoms with Crippen molar-refractivity contribution in [3.63, 3.8) is 0 Å². The largest absolute Gasteiger partial charge is 0.468 e. The van der Waals surface area contributed by atoms with Crippen LogP contribution in [0.4, 0.5) is 4.79 Å². The van der Waals surface area contributed by atoms with Gasteiger partial charge < -0.3 is 23.3 Å². The van der Waals surface area contributed by atoms with Gasteiger partial charge in [0.2, 0.25) is 0 Å². The highest BCUT2D eigenvalue weighted by molar-refractivity contribution is 7.57. The fourth-order valence-corrected chi connectivity index (χ4v) is 4.67.